The van der Waals surface area contributed by atoms with Crippen molar-refractivity contribution in [2.45, 2.75) is 51.6 Å². The van der Waals surface area contributed by atoms with Crippen LogP contribution < -0.4 is 0 Å². The Kier molecular flexibility index (Phi) is 6.47. The number of hydrogen-bond acceptors (Lipinski definition) is 4. The van der Waals surface area contributed by atoms with Crippen LogP contribution in [-0.4, -0.2) is 56.3 Å². The lowest BCUT2D eigenvalue weighted by Crippen LogP contribution is -2.61. The molecule has 0 spiro atoms. The molecule has 0 aromatic carbocycles. The van der Waals surface area contributed by atoms with Gasteiger partial charge in [0, 0.05) is 0 Å². The Morgan fingerprint density at radius 3 is 1.74 bits per heavy atom. The Morgan fingerprint density at radius 1 is 1.05 bits per heavy atom. The van der Waals surface area contributed by atoms with Crippen LogP contribution in [-0.2, 0) is 14.4 Å². The third-order valence-electron chi connectivity index (χ3n) is 3.47. The first-order chi connectivity index (χ1) is 8.76. The minimum absolute atomic E-state index is 0.135. The summed E-state index contributed by atoms with van der Waals surface area (Å²) in [5, 5.41) is 27.5. The molecular weight excluding hydrogens is 254 g/mol. The van der Waals surface area contributed by atoms with Gasteiger partial charge in [0.2, 0.25) is 0 Å². The summed E-state index contributed by atoms with van der Waals surface area (Å²) >= 11 is 0. The zero-order chi connectivity index (χ0) is 15.2. The van der Waals surface area contributed by atoms with Crippen molar-refractivity contribution in [3.05, 3.63) is 0 Å². The molecule has 0 radical (unpaired) electrons. The lowest BCUT2D eigenvalue weighted by molar-refractivity contribution is -0.163. The smallest absolute Gasteiger partial charge is 0.324 e. The van der Waals surface area contributed by atoms with Gasteiger partial charge in [-0.3, -0.25) is 19.3 Å². The third kappa shape index (κ3) is 3.66. The first kappa shape index (κ1) is 17.4. The fourth-order valence-corrected chi connectivity index (χ4v) is 2.32. The number of aliphatic carboxylic acids is 3. The Hall–Kier alpha value is -1.63. The van der Waals surface area contributed by atoms with E-state index in [-0.39, 0.29) is 19.3 Å². The largest absolute Gasteiger partial charge is 0.480 e. The van der Waals surface area contributed by atoms with E-state index in [1.54, 1.807) is 20.8 Å². The van der Waals surface area contributed by atoms with Gasteiger partial charge in [-0.15, -0.1) is 0 Å². The van der Waals surface area contributed by atoms with Crippen LogP contribution in [0.25, 0.3) is 0 Å². The van der Waals surface area contributed by atoms with Crippen molar-refractivity contribution in [3.8, 4) is 0 Å². The van der Waals surface area contributed by atoms with Crippen LogP contribution in [0.1, 0.15) is 40.0 Å². The minimum Gasteiger partial charge on any atom is -0.480 e. The van der Waals surface area contributed by atoms with Gasteiger partial charge >= 0.3 is 17.9 Å². The van der Waals surface area contributed by atoms with Gasteiger partial charge in [-0.1, -0.05) is 20.8 Å². The first-order valence-electron chi connectivity index (χ1n) is 6.21. The maximum atomic E-state index is 11.5. The molecule has 0 heterocycles. The van der Waals surface area contributed by atoms with Gasteiger partial charge in [0.05, 0.1) is 6.54 Å². The first-order valence-corrected chi connectivity index (χ1v) is 6.21. The second kappa shape index (κ2) is 7.08. The van der Waals surface area contributed by atoms with Crippen molar-refractivity contribution in [3.63, 3.8) is 0 Å². The van der Waals surface area contributed by atoms with E-state index in [4.69, 9.17) is 10.2 Å². The maximum Gasteiger partial charge on any atom is 0.324 e. The van der Waals surface area contributed by atoms with Gasteiger partial charge in [-0.25, -0.2) is 0 Å². The third-order valence-corrected chi connectivity index (χ3v) is 3.47. The Bertz CT molecular complexity index is 350. The maximum absolute atomic E-state index is 11.5. The second-order valence-corrected chi connectivity index (χ2v) is 4.33. The number of carboxylic acid groups (broad SMARTS) is 3. The molecule has 0 saturated carbocycles. The van der Waals surface area contributed by atoms with E-state index in [1.165, 1.54) is 0 Å². The molecule has 0 aromatic rings. The minimum atomic E-state index is -1.47. The normalized spacial score (nSPS) is 13.3. The molecule has 0 aliphatic heterocycles. The van der Waals surface area contributed by atoms with Crippen LogP contribution >= 0.6 is 0 Å². The molecule has 0 bridgehead atoms. The molecule has 1 unspecified atom stereocenters. The summed E-state index contributed by atoms with van der Waals surface area (Å²) in [5.74, 6) is -3.65. The molecule has 0 fully saturated rings. The fourth-order valence-electron chi connectivity index (χ4n) is 2.32. The number of carbonyl (C=O) groups is 3. The SMILES string of the molecule is CCC(C(=O)O)N(CC(=O)O)C(CC)(CC)C(=O)O. The van der Waals surface area contributed by atoms with Crippen molar-refractivity contribution >= 4 is 17.9 Å². The van der Waals surface area contributed by atoms with Gasteiger partial charge in [-0.2, -0.15) is 0 Å². The lowest BCUT2D eigenvalue weighted by atomic mass is 9.88. The molecule has 0 aliphatic carbocycles. The van der Waals surface area contributed by atoms with Crippen LogP contribution in [0.15, 0.2) is 0 Å². The zero-order valence-corrected chi connectivity index (χ0v) is 11.4. The molecule has 0 aliphatic rings. The molecule has 110 valence electrons. The fraction of sp³-hybridized carbons (Fsp3) is 0.750. The molecular formula is C12H21NO6. The Balaban J connectivity index is 5.71. The van der Waals surface area contributed by atoms with E-state index in [0.717, 1.165) is 4.90 Å². The standard InChI is InChI=1S/C12H21NO6/c1-4-8(10(16)17)13(7-9(14)15)12(5-2,6-3)11(18)19/h8H,4-7H2,1-3H3,(H,14,15)(H,16,17)(H,18,19). The van der Waals surface area contributed by atoms with Crippen molar-refractivity contribution in [1.29, 1.82) is 0 Å². The van der Waals surface area contributed by atoms with Gasteiger partial charge in [0.15, 0.2) is 0 Å². The van der Waals surface area contributed by atoms with Crippen molar-refractivity contribution in [2.24, 2.45) is 0 Å². The molecule has 0 aromatic heterocycles. The molecule has 19 heavy (non-hydrogen) atoms. The monoisotopic (exact) mass is 275 g/mol. The summed E-state index contributed by atoms with van der Waals surface area (Å²) in [7, 11) is 0. The highest BCUT2D eigenvalue weighted by molar-refractivity contribution is 5.82. The molecule has 0 saturated heterocycles. The number of nitrogens with zero attached hydrogens (tertiary/aromatic N) is 1. The van der Waals surface area contributed by atoms with Gasteiger partial charge in [0.25, 0.3) is 0 Å². The summed E-state index contributed by atoms with van der Waals surface area (Å²) in [6.45, 7) is 4.20. The molecule has 0 rings (SSSR count). The number of hydrogen-bond donors (Lipinski definition) is 3. The average molecular weight is 275 g/mol. The van der Waals surface area contributed by atoms with Crippen LogP contribution in [0, 0.1) is 0 Å². The van der Waals surface area contributed by atoms with Gasteiger partial charge in [0.1, 0.15) is 11.6 Å². The second-order valence-electron chi connectivity index (χ2n) is 4.33. The molecule has 7 nitrogen and oxygen atoms in total. The summed E-state index contributed by atoms with van der Waals surface area (Å²) < 4.78 is 0. The summed E-state index contributed by atoms with van der Waals surface area (Å²) in [5.41, 5.74) is -1.47. The van der Waals surface area contributed by atoms with Crippen molar-refractivity contribution < 1.29 is 29.7 Å². The van der Waals surface area contributed by atoms with Crippen molar-refractivity contribution in [2.75, 3.05) is 6.54 Å². The van der Waals surface area contributed by atoms with E-state index < -0.39 is 36.0 Å². The molecule has 1 atom stereocenters. The van der Waals surface area contributed by atoms with Crippen molar-refractivity contribution in [1.82, 2.24) is 4.90 Å². The average Bonchev–Trinajstić information content (AvgIpc) is 2.30. The topological polar surface area (TPSA) is 115 Å². The predicted molar refractivity (Wildman–Crippen MR) is 67.0 cm³/mol. The van der Waals surface area contributed by atoms with E-state index in [2.05, 4.69) is 0 Å². The Labute approximate surface area is 111 Å². The zero-order valence-electron chi connectivity index (χ0n) is 11.4. The van der Waals surface area contributed by atoms with Gasteiger partial charge < -0.3 is 15.3 Å². The summed E-state index contributed by atoms with van der Waals surface area (Å²) in [4.78, 5) is 34.7. The lowest BCUT2D eigenvalue weighted by Gasteiger charge is -2.41. The highest BCUT2D eigenvalue weighted by atomic mass is 16.4. The van der Waals surface area contributed by atoms with E-state index in [9.17, 15) is 19.5 Å². The number of carboxylic acids is 3. The van der Waals surface area contributed by atoms with Crippen LogP contribution in [0.5, 0.6) is 0 Å². The summed E-state index contributed by atoms with van der Waals surface area (Å²) in [6.07, 6.45) is 0.406. The highest BCUT2D eigenvalue weighted by Gasteiger charge is 2.46. The van der Waals surface area contributed by atoms with Crippen LogP contribution in [0.3, 0.4) is 0 Å². The quantitative estimate of drug-likeness (QED) is 0.572. The predicted octanol–water partition coefficient (Wildman–Crippen LogP) is 0.880. The van der Waals surface area contributed by atoms with E-state index in [1.807, 2.05) is 0 Å². The molecule has 3 N–H and O–H groups in total. The Morgan fingerprint density at radius 2 is 1.53 bits per heavy atom. The van der Waals surface area contributed by atoms with E-state index in [0.29, 0.717) is 0 Å². The summed E-state index contributed by atoms with van der Waals surface area (Å²) in [6, 6.07) is -1.13. The number of rotatable bonds is 9. The van der Waals surface area contributed by atoms with Crippen LogP contribution in [0.2, 0.25) is 0 Å². The van der Waals surface area contributed by atoms with E-state index >= 15 is 0 Å². The van der Waals surface area contributed by atoms with Gasteiger partial charge in [-0.05, 0) is 19.3 Å². The molecule has 0 amide bonds. The highest BCUT2D eigenvalue weighted by Crippen LogP contribution is 2.28. The van der Waals surface area contributed by atoms with Crippen LogP contribution in [0.4, 0.5) is 0 Å². The molecule has 7 heteroatoms.